The van der Waals surface area contributed by atoms with E-state index in [1.54, 1.807) is 37.4 Å². The van der Waals surface area contributed by atoms with E-state index in [1.807, 2.05) is 32.0 Å². The van der Waals surface area contributed by atoms with Crippen LogP contribution in [0.15, 0.2) is 53.4 Å². The molecule has 3 rings (SSSR count). The third kappa shape index (κ3) is 3.78. The first-order valence-electron chi connectivity index (χ1n) is 9.24. The van der Waals surface area contributed by atoms with E-state index in [0.29, 0.717) is 45.6 Å². The van der Waals surface area contributed by atoms with Gasteiger partial charge in [0.05, 0.1) is 29.9 Å². The Kier molecular flexibility index (Phi) is 6.41. The van der Waals surface area contributed by atoms with Crippen molar-refractivity contribution in [2.45, 2.75) is 20.3 Å². The van der Waals surface area contributed by atoms with Crippen molar-refractivity contribution in [2.75, 3.05) is 24.4 Å². The zero-order chi connectivity index (χ0) is 20.1. The van der Waals surface area contributed by atoms with E-state index < -0.39 is 0 Å². The van der Waals surface area contributed by atoms with Crippen LogP contribution in [0.3, 0.4) is 0 Å². The van der Waals surface area contributed by atoms with Gasteiger partial charge in [0.25, 0.3) is 11.8 Å². The van der Waals surface area contributed by atoms with Crippen molar-refractivity contribution >= 4 is 34.8 Å². The molecule has 0 aliphatic carbocycles. The number of hydrogen-bond donors (Lipinski definition) is 0. The van der Waals surface area contributed by atoms with Crippen LogP contribution in [0.4, 0.5) is 5.69 Å². The fraction of sp³-hybridized carbons (Fsp3) is 0.273. The topological polar surface area (TPSA) is 55.8 Å². The molecule has 2 amide bonds. The van der Waals surface area contributed by atoms with E-state index in [1.165, 1.54) is 16.7 Å². The van der Waals surface area contributed by atoms with Crippen LogP contribution >= 0.6 is 11.8 Å². The van der Waals surface area contributed by atoms with Crippen LogP contribution in [0.5, 0.6) is 11.5 Å². The molecule has 0 saturated heterocycles. The van der Waals surface area contributed by atoms with Crippen molar-refractivity contribution in [1.29, 1.82) is 0 Å². The first-order valence-corrected chi connectivity index (χ1v) is 10.2. The van der Waals surface area contributed by atoms with Crippen LogP contribution in [-0.2, 0) is 9.59 Å². The number of thioether (sulfide) groups is 1. The minimum atomic E-state index is -0.349. The Hall–Kier alpha value is -2.73. The Morgan fingerprint density at radius 2 is 1.79 bits per heavy atom. The summed E-state index contributed by atoms with van der Waals surface area (Å²) in [4.78, 5) is 28.2. The first-order chi connectivity index (χ1) is 13.6. The van der Waals surface area contributed by atoms with Gasteiger partial charge in [0.2, 0.25) is 0 Å². The number of carbonyl (C=O) groups excluding carboxylic acids is 2. The fourth-order valence-corrected chi connectivity index (χ4v) is 3.89. The highest BCUT2D eigenvalue weighted by Gasteiger charge is 2.41. The summed E-state index contributed by atoms with van der Waals surface area (Å²) in [5, 5.41) is 0. The number of hydrogen-bond acceptors (Lipinski definition) is 5. The van der Waals surface area contributed by atoms with Crippen molar-refractivity contribution in [3.8, 4) is 11.5 Å². The van der Waals surface area contributed by atoms with Gasteiger partial charge in [-0.2, -0.15) is 0 Å². The van der Waals surface area contributed by atoms with Gasteiger partial charge in [0.15, 0.2) is 0 Å². The van der Waals surface area contributed by atoms with Gasteiger partial charge in [-0.05, 0) is 30.4 Å². The average molecular weight is 397 g/mol. The number of amides is 2. The van der Waals surface area contributed by atoms with E-state index in [4.69, 9.17) is 9.47 Å². The van der Waals surface area contributed by atoms with Gasteiger partial charge >= 0.3 is 0 Å². The third-order valence-electron chi connectivity index (χ3n) is 4.26. The van der Waals surface area contributed by atoms with Gasteiger partial charge in [0.1, 0.15) is 11.5 Å². The highest BCUT2D eigenvalue weighted by Crippen LogP contribution is 2.41. The molecule has 6 heteroatoms. The lowest BCUT2D eigenvalue weighted by molar-refractivity contribution is -0.119. The maximum Gasteiger partial charge on any atom is 0.272 e. The summed E-state index contributed by atoms with van der Waals surface area (Å²) in [5.74, 6) is 1.22. The summed E-state index contributed by atoms with van der Waals surface area (Å²) in [5.41, 5.74) is 1.51. The second-order valence-electron chi connectivity index (χ2n) is 6.13. The molecule has 0 aromatic heterocycles. The van der Waals surface area contributed by atoms with E-state index >= 15 is 0 Å². The number of carbonyl (C=O) groups is 2. The molecule has 28 heavy (non-hydrogen) atoms. The van der Waals surface area contributed by atoms with E-state index in [-0.39, 0.29) is 11.8 Å². The zero-order valence-corrected chi connectivity index (χ0v) is 17.0. The van der Waals surface area contributed by atoms with E-state index in [0.717, 1.165) is 6.42 Å². The molecule has 1 heterocycles. The standard InChI is InChI=1S/C22H23NO4S/c1-4-13-27-16-10-8-9-15(14-16)23-21(24)19(20(22(23)25)28-5-2)17-11-6-7-12-18(17)26-3/h6-12,14H,4-5,13H2,1-3H3. The quantitative estimate of drug-likeness (QED) is 0.613. The lowest BCUT2D eigenvalue weighted by Crippen LogP contribution is -2.31. The number of anilines is 1. The number of imide groups is 1. The molecule has 1 aliphatic heterocycles. The van der Waals surface area contributed by atoms with Crippen molar-refractivity contribution in [3.63, 3.8) is 0 Å². The van der Waals surface area contributed by atoms with Gasteiger partial charge < -0.3 is 9.47 Å². The van der Waals surface area contributed by atoms with Crippen molar-refractivity contribution in [2.24, 2.45) is 0 Å². The molecular formula is C22H23NO4S. The highest BCUT2D eigenvalue weighted by atomic mass is 32.2. The number of nitrogens with zero attached hydrogens (tertiary/aromatic N) is 1. The van der Waals surface area contributed by atoms with Crippen molar-refractivity contribution in [1.82, 2.24) is 0 Å². The molecule has 0 N–H and O–H groups in total. The van der Waals surface area contributed by atoms with Crippen LogP contribution in [0.2, 0.25) is 0 Å². The summed E-state index contributed by atoms with van der Waals surface area (Å²) in [6.07, 6.45) is 0.878. The van der Waals surface area contributed by atoms with Gasteiger partial charge in [0, 0.05) is 11.6 Å². The summed E-state index contributed by atoms with van der Waals surface area (Å²) in [6.45, 7) is 4.55. The molecule has 2 aromatic rings. The summed E-state index contributed by atoms with van der Waals surface area (Å²) >= 11 is 1.37. The van der Waals surface area contributed by atoms with Gasteiger partial charge in [-0.25, -0.2) is 4.90 Å². The number of methoxy groups -OCH3 is 1. The van der Waals surface area contributed by atoms with Crippen LogP contribution in [0.1, 0.15) is 25.8 Å². The molecule has 0 radical (unpaired) electrons. The van der Waals surface area contributed by atoms with Crippen molar-refractivity contribution in [3.05, 3.63) is 59.0 Å². The Morgan fingerprint density at radius 3 is 2.50 bits per heavy atom. The normalized spacial score (nSPS) is 14.0. The Balaban J connectivity index is 2.05. The maximum absolute atomic E-state index is 13.3. The smallest absolute Gasteiger partial charge is 0.272 e. The van der Waals surface area contributed by atoms with E-state index in [2.05, 4.69) is 0 Å². The van der Waals surface area contributed by atoms with Gasteiger partial charge in [-0.3, -0.25) is 9.59 Å². The molecule has 5 nitrogen and oxygen atoms in total. The summed E-state index contributed by atoms with van der Waals surface area (Å²) in [6, 6.07) is 14.3. The molecule has 0 fully saturated rings. The SMILES string of the molecule is CCCOc1cccc(N2C(=O)C(SCC)=C(c3ccccc3OC)C2=O)c1. The summed E-state index contributed by atoms with van der Waals surface area (Å²) in [7, 11) is 1.56. The second-order valence-corrected chi connectivity index (χ2v) is 7.40. The molecule has 0 spiro atoms. The number of para-hydroxylation sites is 1. The monoisotopic (exact) mass is 397 g/mol. The van der Waals surface area contributed by atoms with Crippen LogP contribution < -0.4 is 14.4 Å². The van der Waals surface area contributed by atoms with Gasteiger partial charge in [-0.15, -0.1) is 11.8 Å². The lowest BCUT2D eigenvalue weighted by atomic mass is 10.0. The molecule has 2 aromatic carbocycles. The minimum Gasteiger partial charge on any atom is -0.496 e. The molecule has 0 unspecified atom stereocenters. The predicted molar refractivity (Wildman–Crippen MR) is 113 cm³/mol. The summed E-state index contributed by atoms with van der Waals surface area (Å²) < 4.78 is 11.1. The Labute approximate surface area is 169 Å². The molecule has 0 atom stereocenters. The number of benzene rings is 2. The minimum absolute atomic E-state index is 0.314. The third-order valence-corrected chi connectivity index (χ3v) is 5.21. The Morgan fingerprint density at radius 1 is 1.00 bits per heavy atom. The van der Waals surface area contributed by atoms with Crippen LogP contribution in [0, 0.1) is 0 Å². The largest absolute Gasteiger partial charge is 0.496 e. The molecule has 1 aliphatic rings. The van der Waals surface area contributed by atoms with E-state index in [9.17, 15) is 9.59 Å². The first kappa shape index (κ1) is 20.0. The van der Waals surface area contributed by atoms with Gasteiger partial charge in [-0.1, -0.05) is 38.1 Å². The maximum atomic E-state index is 13.3. The Bertz CT molecular complexity index is 922. The zero-order valence-electron chi connectivity index (χ0n) is 16.2. The molecule has 146 valence electrons. The van der Waals surface area contributed by atoms with Crippen LogP contribution in [0.25, 0.3) is 5.57 Å². The highest BCUT2D eigenvalue weighted by molar-refractivity contribution is 8.04. The molecule has 0 saturated carbocycles. The fourth-order valence-electron chi connectivity index (χ4n) is 3.04. The molecule has 0 bridgehead atoms. The second kappa shape index (κ2) is 8.97. The average Bonchev–Trinajstić information content (AvgIpc) is 2.96. The molecular weight excluding hydrogens is 374 g/mol. The number of ether oxygens (including phenoxy) is 2. The predicted octanol–water partition coefficient (Wildman–Crippen LogP) is 4.52. The van der Waals surface area contributed by atoms with Crippen LogP contribution in [-0.4, -0.2) is 31.3 Å². The number of rotatable bonds is 8. The lowest BCUT2D eigenvalue weighted by Gasteiger charge is -2.17. The van der Waals surface area contributed by atoms with Crippen molar-refractivity contribution < 1.29 is 19.1 Å².